The molecule has 2 rings (SSSR count). The van der Waals surface area contributed by atoms with Crippen molar-refractivity contribution in [1.82, 2.24) is 10.3 Å². The molecule has 19 heavy (non-hydrogen) atoms. The Kier molecular flexibility index (Phi) is 4.93. The number of hydrogen-bond donors (Lipinski definition) is 2. The summed E-state index contributed by atoms with van der Waals surface area (Å²) in [6.45, 7) is 4.64. The minimum absolute atomic E-state index is 0.0251. The average molecular weight is 282 g/mol. The number of aryl methyl sites for hydroxylation is 2. The lowest BCUT2D eigenvalue weighted by molar-refractivity contribution is -0.127. The highest BCUT2D eigenvalue weighted by Gasteiger charge is 2.26. The van der Waals surface area contributed by atoms with Crippen molar-refractivity contribution in [3.8, 4) is 0 Å². The number of carbonyl (C=O) groups excluding carboxylic acids is 1. The lowest BCUT2D eigenvalue weighted by Gasteiger charge is -2.24. The van der Waals surface area contributed by atoms with Crippen LogP contribution in [0.4, 0.5) is 0 Å². The second kappa shape index (κ2) is 6.48. The Bertz CT molecular complexity index is 445. The van der Waals surface area contributed by atoms with Crippen molar-refractivity contribution in [3.05, 3.63) is 15.6 Å². The zero-order valence-electron chi connectivity index (χ0n) is 11.6. The Morgan fingerprint density at radius 2 is 2.32 bits per heavy atom. The highest BCUT2D eigenvalue weighted by molar-refractivity contribution is 7.11. The number of carbonyl (C=O) groups is 1. The fourth-order valence-electron chi connectivity index (χ4n) is 2.64. The molecule has 1 fully saturated rings. The van der Waals surface area contributed by atoms with Crippen LogP contribution in [0.5, 0.6) is 0 Å². The molecule has 1 aliphatic rings. The van der Waals surface area contributed by atoms with Gasteiger partial charge in [-0.25, -0.2) is 4.98 Å². The van der Waals surface area contributed by atoms with Gasteiger partial charge in [0.2, 0.25) is 5.91 Å². The topological polar surface area (TPSA) is 62.2 Å². The summed E-state index contributed by atoms with van der Waals surface area (Å²) in [4.78, 5) is 17.7. The van der Waals surface area contributed by atoms with E-state index in [0.29, 0.717) is 13.0 Å². The summed E-state index contributed by atoms with van der Waals surface area (Å²) in [5.41, 5.74) is 1.09. The van der Waals surface area contributed by atoms with Gasteiger partial charge in [-0.05, 0) is 32.6 Å². The van der Waals surface area contributed by atoms with E-state index >= 15 is 0 Å². The minimum atomic E-state index is -0.304. The molecule has 106 valence electrons. The van der Waals surface area contributed by atoms with Crippen LogP contribution in [-0.2, 0) is 17.8 Å². The Morgan fingerprint density at radius 3 is 3.00 bits per heavy atom. The number of amides is 1. The van der Waals surface area contributed by atoms with Gasteiger partial charge in [0, 0.05) is 10.8 Å². The van der Waals surface area contributed by atoms with Gasteiger partial charge in [0.15, 0.2) is 0 Å². The van der Waals surface area contributed by atoms with Crippen LogP contribution in [0.1, 0.15) is 48.2 Å². The molecule has 4 nitrogen and oxygen atoms in total. The lowest BCUT2D eigenvalue weighted by Crippen LogP contribution is -2.34. The molecule has 0 spiro atoms. The SMILES string of the molecule is CCc1nc(C)sc1CNC(=O)[C@@H]1CCC[C@@H](O)C1. The van der Waals surface area contributed by atoms with E-state index in [1.165, 1.54) is 0 Å². The van der Waals surface area contributed by atoms with Crippen LogP contribution < -0.4 is 5.32 Å². The van der Waals surface area contributed by atoms with Crippen molar-refractivity contribution in [2.24, 2.45) is 5.92 Å². The monoisotopic (exact) mass is 282 g/mol. The van der Waals surface area contributed by atoms with E-state index in [1.54, 1.807) is 11.3 Å². The summed E-state index contributed by atoms with van der Waals surface area (Å²) in [5.74, 6) is 0.0506. The van der Waals surface area contributed by atoms with Crippen molar-refractivity contribution >= 4 is 17.2 Å². The molecule has 1 amide bonds. The summed E-state index contributed by atoms with van der Waals surface area (Å²) in [7, 11) is 0. The molecule has 1 saturated carbocycles. The summed E-state index contributed by atoms with van der Waals surface area (Å²) >= 11 is 1.65. The van der Waals surface area contributed by atoms with Gasteiger partial charge in [0.25, 0.3) is 0 Å². The zero-order chi connectivity index (χ0) is 13.8. The molecule has 2 atom stereocenters. The lowest BCUT2D eigenvalue weighted by atomic mass is 9.87. The first-order chi connectivity index (χ1) is 9.10. The largest absolute Gasteiger partial charge is 0.393 e. The quantitative estimate of drug-likeness (QED) is 0.890. The van der Waals surface area contributed by atoms with Crippen molar-refractivity contribution < 1.29 is 9.90 Å². The van der Waals surface area contributed by atoms with Crippen LogP contribution in [-0.4, -0.2) is 22.1 Å². The van der Waals surface area contributed by atoms with Gasteiger partial charge in [-0.3, -0.25) is 4.79 Å². The maximum atomic E-state index is 12.1. The minimum Gasteiger partial charge on any atom is -0.393 e. The molecule has 2 N–H and O–H groups in total. The maximum absolute atomic E-state index is 12.1. The van der Waals surface area contributed by atoms with E-state index < -0.39 is 0 Å². The number of nitrogens with zero attached hydrogens (tertiary/aromatic N) is 1. The molecule has 0 radical (unpaired) electrons. The third kappa shape index (κ3) is 3.76. The fraction of sp³-hybridized carbons (Fsp3) is 0.714. The van der Waals surface area contributed by atoms with Gasteiger partial charge in [-0.15, -0.1) is 11.3 Å². The number of aromatic nitrogens is 1. The number of aliphatic hydroxyl groups is 1. The van der Waals surface area contributed by atoms with Crippen LogP contribution in [0.15, 0.2) is 0 Å². The van der Waals surface area contributed by atoms with Crippen LogP contribution in [0, 0.1) is 12.8 Å². The summed E-state index contributed by atoms with van der Waals surface area (Å²) in [5, 5.41) is 13.7. The fourth-order valence-corrected chi connectivity index (χ4v) is 3.61. The molecule has 5 heteroatoms. The van der Waals surface area contributed by atoms with Gasteiger partial charge in [-0.1, -0.05) is 13.3 Å². The molecule has 0 bridgehead atoms. The molecule has 1 aromatic rings. The van der Waals surface area contributed by atoms with Gasteiger partial charge < -0.3 is 10.4 Å². The van der Waals surface area contributed by atoms with E-state index in [0.717, 1.165) is 41.3 Å². The first kappa shape index (κ1) is 14.5. The first-order valence-electron chi connectivity index (χ1n) is 7.01. The third-order valence-electron chi connectivity index (χ3n) is 3.66. The van der Waals surface area contributed by atoms with Gasteiger partial charge in [0.05, 0.1) is 23.4 Å². The van der Waals surface area contributed by atoms with E-state index in [2.05, 4.69) is 17.2 Å². The molecular weight excluding hydrogens is 260 g/mol. The smallest absolute Gasteiger partial charge is 0.223 e. The number of rotatable bonds is 4. The first-order valence-corrected chi connectivity index (χ1v) is 7.82. The number of thiazole rings is 1. The molecule has 1 aromatic heterocycles. The Balaban J connectivity index is 1.89. The molecule has 1 aliphatic carbocycles. The van der Waals surface area contributed by atoms with Gasteiger partial charge in [0.1, 0.15) is 0 Å². The highest BCUT2D eigenvalue weighted by Crippen LogP contribution is 2.25. The summed E-state index contributed by atoms with van der Waals surface area (Å²) < 4.78 is 0. The number of aliphatic hydroxyl groups excluding tert-OH is 1. The highest BCUT2D eigenvalue weighted by atomic mass is 32.1. The van der Waals surface area contributed by atoms with Crippen LogP contribution in [0.2, 0.25) is 0 Å². The second-order valence-electron chi connectivity index (χ2n) is 5.19. The van der Waals surface area contributed by atoms with Crippen molar-refractivity contribution in [3.63, 3.8) is 0 Å². The van der Waals surface area contributed by atoms with Gasteiger partial charge in [-0.2, -0.15) is 0 Å². The summed E-state index contributed by atoms with van der Waals surface area (Å²) in [6.07, 6.45) is 3.87. The van der Waals surface area contributed by atoms with E-state index in [-0.39, 0.29) is 17.9 Å². The summed E-state index contributed by atoms with van der Waals surface area (Å²) in [6, 6.07) is 0. The molecular formula is C14H22N2O2S. The molecule has 0 aromatic carbocycles. The molecule has 0 aliphatic heterocycles. The third-order valence-corrected chi connectivity index (χ3v) is 4.67. The molecule has 1 heterocycles. The van der Waals surface area contributed by atoms with Gasteiger partial charge >= 0.3 is 0 Å². The number of nitrogens with one attached hydrogen (secondary N) is 1. The Morgan fingerprint density at radius 1 is 1.53 bits per heavy atom. The normalized spacial score (nSPS) is 23.3. The van der Waals surface area contributed by atoms with Crippen LogP contribution >= 0.6 is 11.3 Å². The van der Waals surface area contributed by atoms with E-state index in [1.807, 2.05) is 6.92 Å². The van der Waals surface area contributed by atoms with E-state index in [9.17, 15) is 9.90 Å². The van der Waals surface area contributed by atoms with E-state index in [4.69, 9.17) is 0 Å². The number of hydrogen-bond acceptors (Lipinski definition) is 4. The Hall–Kier alpha value is -0.940. The van der Waals surface area contributed by atoms with Crippen molar-refractivity contribution in [2.75, 3.05) is 0 Å². The van der Waals surface area contributed by atoms with Crippen molar-refractivity contribution in [2.45, 2.75) is 58.6 Å². The van der Waals surface area contributed by atoms with Crippen LogP contribution in [0.3, 0.4) is 0 Å². The average Bonchev–Trinajstić information content (AvgIpc) is 2.76. The standard InChI is InChI=1S/C14H22N2O2S/c1-3-12-13(19-9(2)16-12)8-15-14(18)10-5-4-6-11(17)7-10/h10-11,17H,3-8H2,1-2H3,(H,15,18)/t10-,11-/m1/s1. The zero-order valence-corrected chi connectivity index (χ0v) is 12.4. The molecule has 0 saturated heterocycles. The Labute approximate surface area is 118 Å². The predicted octanol–water partition coefficient (Wildman–Crippen LogP) is 2.18. The second-order valence-corrected chi connectivity index (χ2v) is 6.48. The predicted molar refractivity (Wildman–Crippen MR) is 76.0 cm³/mol. The molecule has 0 unspecified atom stereocenters. The van der Waals surface area contributed by atoms with Crippen molar-refractivity contribution in [1.29, 1.82) is 0 Å². The van der Waals surface area contributed by atoms with Crippen LogP contribution in [0.25, 0.3) is 0 Å². The maximum Gasteiger partial charge on any atom is 0.223 e.